The summed E-state index contributed by atoms with van der Waals surface area (Å²) in [4.78, 5) is 10.3. The standard InChI is InChI=1S/C9H15N3O/c1-6-3-4-8(7(6)2)5-11-12-9(10)13/h5-6H,3-4H2,1-2H3,(H3,10,12,13)/b11-5+. The van der Waals surface area contributed by atoms with Crippen molar-refractivity contribution in [2.24, 2.45) is 16.8 Å². The molecular formula is C9H15N3O. The van der Waals surface area contributed by atoms with E-state index in [9.17, 15) is 4.79 Å². The van der Waals surface area contributed by atoms with E-state index in [1.807, 2.05) is 0 Å². The van der Waals surface area contributed by atoms with Crippen LogP contribution in [-0.4, -0.2) is 12.2 Å². The molecular weight excluding hydrogens is 166 g/mol. The van der Waals surface area contributed by atoms with Gasteiger partial charge in [-0.25, -0.2) is 10.2 Å². The molecule has 1 aliphatic rings. The van der Waals surface area contributed by atoms with Crippen molar-refractivity contribution in [2.75, 3.05) is 0 Å². The lowest BCUT2D eigenvalue weighted by molar-refractivity contribution is 0.249. The van der Waals surface area contributed by atoms with Gasteiger partial charge in [0.15, 0.2) is 0 Å². The van der Waals surface area contributed by atoms with Crippen LogP contribution in [0.1, 0.15) is 26.7 Å². The average molecular weight is 181 g/mol. The normalized spacial score (nSPS) is 22.8. The third-order valence-electron chi connectivity index (χ3n) is 2.49. The van der Waals surface area contributed by atoms with Crippen LogP contribution in [0.15, 0.2) is 16.2 Å². The van der Waals surface area contributed by atoms with E-state index in [4.69, 9.17) is 5.73 Å². The van der Waals surface area contributed by atoms with Gasteiger partial charge in [-0.1, -0.05) is 12.5 Å². The molecule has 1 atom stereocenters. The molecule has 0 aromatic rings. The molecule has 13 heavy (non-hydrogen) atoms. The zero-order valence-electron chi connectivity index (χ0n) is 8.00. The topological polar surface area (TPSA) is 67.5 Å². The summed E-state index contributed by atoms with van der Waals surface area (Å²) in [5.74, 6) is 0.634. The minimum absolute atomic E-state index is 0.624. The van der Waals surface area contributed by atoms with Crippen LogP contribution < -0.4 is 11.2 Å². The number of nitrogens with one attached hydrogen (secondary N) is 1. The monoisotopic (exact) mass is 181 g/mol. The smallest absolute Gasteiger partial charge is 0.332 e. The van der Waals surface area contributed by atoms with Gasteiger partial charge in [0.1, 0.15) is 0 Å². The third kappa shape index (κ3) is 2.57. The largest absolute Gasteiger partial charge is 0.350 e. The lowest BCUT2D eigenvalue weighted by atomic mass is 10.1. The summed E-state index contributed by atoms with van der Waals surface area (Å²) in [6.07, 6.45) is 3.89. The molecule has 4 heteroatoms. The van der Waals surface area contributed by atoms with Crippen LogP contribution in [0.4, 0.5) is 4.79 Å². The maximum atomic E-state index is 10.3. The van der Waals surface area contributed by atoms with Crippen LogP contribution >= 0.6 is 0 Å². The summed E-state index contributed by atoms with van der Waals surface area (Å²) in [6.45, 7) is 4.29. The summed E-state index contributed by atoms with van der Waals surface area (Å²) in [6, 6.07) is -0.624. The molecule has 4 nitrogen and oxygen atoms in total. The minimum Gasteiger partial charge on any atom is -0.350 e. The summed E-state index contributed by atoms with van der Waals surface area (Å²) < 4.78 is 0. The van der Waals surface area contributed by atoms with E-state index >= 15 is 0 Å². The highest BCUT2D eigenvalue weighted by Gasteiger charge is 2.16. The van der Waals surface area contributed by atoms with Gasteiger partial charge in [0.25, 0.3) is 0 Å². The van der Waals surface area contributed by atoms with Crippen molar-refractivity contribution >= 4 is 12.2 Å². The maximum Gasteiger partial charge on any atom is 0.332 e. The fourth-order valence-electron chi connectivity index (χ4n) is 1.44. The second kappa shape index (κ2) is 4.07. The highest BCUT2D eigenvalue weighted by Crippen LogP contribution is 2.29. The predicted octanol–water partition coefficient (Wildman–Crippen LogP) is 1.39. The van der Waals surface area contributed by atoms with Gasteiger partial charge < -0.3 is 5.73 Å². The maximum absolute atomic E-state index is 10.3. The van der Waals surface area contributed by atoms with Crippen molar-refractivity contribution in [3.63, 3.8) is 0 Å². The van der Waals surface area contributed by atoms with Crippen LogP contribution in [0.2, 0.25) is 0 Å². The SMILES string of the molecule is CC1=C(/C=N/NC(N)=O)CCC1C. The molecule has 0 fully saturated rings. The molecule has 1 aliphatic carbocycles. The fourth-order valence-corrected chi connectivity index (χ4v) is 1.44. The number of primary amides is 1. The molecule has 2 amide bonds. The number of rotatable bonds is 2. The van der Waals surface area contributed by atoms with Gasteiger partial charge in [-0.2, -0.15) is 5.10 Å². The number of allylic oxidation sites excluding steroid dienone is 2. The highest BCUT2D eigenvalue weighted by molar-refractivity contribution is 5.82. The van der Waals surface area contributed by atoms with Crippen molar-refractivity contribution in [3.05, 3.63) is 11.1 Å². The third-order valence-corrected chi connectivity index (χ3v) is 2.49. The van der Waals surface area contributed by atoms with Gasteiger partial charge in [0, 0.05) is 0 Å². The molecule has 0 aliphatic heterocycles. The lowest BCUT2D eigenvalue weighted by Crippen LogP contribution is -2.24. The van der Waals surface area contributed by atoms with Crippen molar-refractivity contribution < 1.29 is 4.79 Å². The summed E-state index contributed by atoms with van der Waals surface area (Å²) in [7, 11) is 0. The molecule has 0 bridgehead atoms. The second-order valence-electron chi connectivity index (χ2n) is 3.38. The first kappa shape index (κ1) is 9.77. The number of urea groups is 1. The Morgan fingerprint density at radius 1 is 1.77 bits per heavy atom. The molecule has 1 rings (SSSR count). The van der Waals surface area contributed by atoms with Crippen LogP contribution in [0.3, 0.4) is 0 Å². The van der Waals surface area contributed by atoms with Crippen LogP contribution in [0.5, 0.6) is 0 Å². The van der Waals surface area contributed by atoms with E-state index in [2.05, 4.69) is 24.4 Å². The molecule has 0 heterocycles. The quantitative estimate of drug-likeness (QED) is 0.490. The van der Waals surface area contributed by atoms with Gasteiger partial charge in [0.05, 0.1) is 6.21 Å². The van der Waals surface area contributed by atoms with Crippen molar-refractivity contribution in [1.29, 1.82) is 0 Å². The zero-order valence-corrected chi connectivity index (χ0v) is 8.00. The molecule has 3 N–H and O–H groups in total. The number of hydrogen-bond acceptors (Lipinski definition) is 2. The van der Waals surface area contributed by atoms with E-state index in [-0.39, 0.29) is 0 Å². The Morgan fingerprint density at radius 2 is 2.46 bits per heavy atom. The van der Waals surface area contributed by atoms with Crippen LogP contribution in [0.25, 0.3) is 0 Å². The summed E-state index contributed by atoms with van der Waals surface area (Å²) in [5, 5.41) is 3.73. The summed E-state index contributed by atoms with van der Waals surface area (Å²) >= 11 is 0. The molecule has 0 aromatic carbocycles. The molecule has 1 unspecified atom stereocenters. The first-order valence-corrected chi connectivity index (χ1v) is 4.39. The van der Waals surface area contributed by atoms with Gasteiger partial charge in [-0.3, -0.25) is 0 Å². The van der Waals surface area contributed by atoms with Gasteiger partial charge in [0.2, 0.25) is 0 Å². The highest BCUT2D eigenvalue weighted by atomic mass is 16.2. The lowest BCUT2D eigenvalue weighted by Gasteiger charge is -2.00. The Kier molecular flexibility index (Phi) is 3.06. The fraction of sp³-hybridized carbons (Fsp3) is 0.556. The van der Waals surface area contributed by atoms with E-state index in [0.717, 1.165) is 6.42 Å². The van der Waals surface area contributed by atoms with Gasteiger partial charge in [-0.05, 0) is 31.3 Å². The van der Waals surface area contributed by atoms with Crippen LogP contribution in [-0.2, 0) is 0 Å². The van der Waals surface area contributed by atoms with Crippen LogP contribution in [0, 0.1) is 5.92 Å². The zero-order chi connectivity index (χ0) is 9.84. The van der Waals surface area contributed by atoms with Crippen molar-refractivity contribution in [1.82, 2.24) is 5.43 Å². The number of hydrazone groups is 1. The Hall–Kier alpha value is -1.32. The Bertz CT molecular complexity index is 268. The molecule has 0 saturated heterocycles. The summed E-state index contributed by atoms with van der Waals surface area (Å²) in [5.41, 5.74) is 9.61. The first-order valence-electron chi connectivity index (χ1n) is 4.39. The number of hydrogen-bond donors (Lipinski definition) is 2. The van der Waals surface area contributed by atoms with Crippen molar-refractivity contribution in [3.8, 4) is 0 Å². The Balaban J connectivity index is 2.54. The van der Waals surface area contributed by atoms with E-state index < -0.39 is 6.03 Å². The first-order chi connectivity index (χ1) is 6.11. The molecule has 0 aromatic heterocycles. The van der Waals surface area contributed by atoms with Gasteiger partial charge >= 0.3 is 6.03 Å². The number of nitrogens with zero attached hydrogens (tertiary/aromatic N) is 1. The number of nitrogens with two attached hydrogens (primary N) is 1. The number of carbonyl (C=O) groups excluding carboxylic acids is 1. The molecule has 0 radical (unpaired) electrons. The Morgan fingerprint density at radius 3 is 2.92 bits per heavy atom. The molecule has 0 saturated carbocycles. The molecule has 0 spiro atoms. The van der Waals surface area contributed by atoms with E-state index in [0.29, 0.717) is 5.92 Å². The van der Waals surface area contributed by atoms with Crippen molar-refractivity contribution in [2.45, 2.75) is 26.7 Å². The van der Waals surface area contributed by atoms with E-state index in [1.54, 1.807) is 6.21 Å². The number of amides is 2. The number of carbonyl (C=O) groups is 1. The van der Waals surface area contributed by atoms with Gasteiger partial charge in [-0.15, -0.1) is 0 Å². The predicted molar refractivity (Wildman–Crippen MR) is 52.3 cm³/mol. The minimum atomic E-state index is -0.624. The Labute approximate surface area is 77.9 Å². The molecule has 72 valence electrons. The average Bonchev–Trinajstić information content (AvgIpc) is 2.35. The van der Waals surface area contributed by atoms with E-state index in [1.165, 1.54) is 17.6 Å². The second-order valence-corrected chi connectivity index (χ2v) is 3.38.